The van der Waals surface area contributed by atoms with Crippen LogP contribution in [0.1, 0.15) is 29.9 Å². The number of likely N-dealkylation sites (tertiary alicyclic amines) is 1. The van der Waals surface area contributed by atoms with E-state index < -0.39 is 0 Å². The molecule has 3 rings (SSSR count). The quantitative estimate of drug-likeness (QED) is 0.882. The van der Waals surface area contributed by atoms with E-state index in [9.17, 15) is 5.11 Å². The van der Waals surface area contributed by atoms with Crippen LogP contribution in [0.5, 0.6) is 0 Å². The lowest BCUT2D eigenvalue weighted by Crippen LogP contribution is -2.39. The molecule has 122 valence electrons. The molecule has 1 heterocycles. The van der Waals surface area contributed by atoms with Gasteiger partial charge in [-0.2, -0.15) is 0 Å². The van der Waals surface area contributed by atoms with Crippen molar-refractivity contribution in [2.45, 2.75) is 25.3 Å². The second-order valence-corrected chi connectivity index (χ2v) is 6.88. The molecular formula is C20H24ClNO. The molecule has 0 spiro atoms. The SMILES string of the molecule is OCCC1CCN(Cc2ccccc2)CC1c1ccc(Cl)cc1. The van der Waals surface area contributed by atoms with Crippen molar-refractivity contribution in [3.63, 3.8) is 0 Å². The van der Waals surface area contributed by atoms with E-state index in [1.165, 1.54) is 11.1 Å². The fourth-order valence-corrected chi connectivity index (χ4v) is 3.78. The van der Waals surface area contributed by atoms with Crippen LogP contribution in [0.15, 0.2) is 54.6 Å². The predicted octanol–water partition coefficient (Wildman–Crippen LogP) is 4.33. The summed E-state index contributed by atoms with van der Waals surface area (Å²) in [5, 5.41) is 10.2. The third kappa shape index (κ3) is 4.35. The third-order valence-corrected chi connectivity index (χ3v) is 5.14. The highest BCUT2D eigenvalue weighted by atomic mass is 35.5. The number of rotatable bonds is 5. The summed E-state index contributed by atoms with van der Waals surface area (Å²) in [4.78, 5) is 2.53. The van der Waals surface area contributed by atoms with Gasteiger partial charge in [-0.05, 0) is 54.5 Å². The first-order chi connectivity index (χ1) is 11.3. The van der Waals surface area contributed by atoms with Crippen LogP contribution in [-0.4, -0.2) is 29.7 Å². The lowest BCUT2D eigenvalue weighted by molar-refractivity contribution is 0.130. The van der Waals surface area contributed by atoms with Crippen LogP contribution in [0.2, 0.25) is 5.02 Å². The summed E-state index contributed by atoms with van der Waals surface area (Å²) in [6.45, 7) is 3.41. The molecule has 2 aromatic carbocycles. The average Bonchev–Trinajstić information content (AvgIpc) is 2.58. The van der Waals surface area contributed by atoms with Crippen molar-refractivity contribution in [2.24, 2.45) is 5.92 Å². The molecular weight excluding hydrogens is 306 g/mol. The molecule has 2 aromatic rings. The molecule has 2 unspecified atom stereocenters. The maximum atomic E-state index is 9.39. The standard InChI is InChI=1S/C20H24ClNO/c21-19-8-6-17(7-9-19)20-15-22(12-10-18(20)11-13-23)14-16-4-2-1-3-5-16/h1-9,18,20,23H,10-15H2. The highest BCUT2D eigenvalue weighted by Gasteiger charge is 2.29. The summed E-state index contributed by atoms with van der Waals surface area (Å²) >= 11 is 6.03. The maximum Gasteiger partial charge on any atom is 0.0433 e. The highest BCUT2D eigenvalue weighted by molar-refractivity contribution is 6.30. The number of hydrogen-bond donors (Lipinski definition) is 1. The van der Waals surface area contributed by atoms with Crippen LogP contribution in [0, 0.1) is 5.92 Å². The first-order valence-corrected chi connectivity index (χ1v) is 8.76. The summed E-state index contributed by atoms with van der Waals surface area (Å²) in [5.74, 6) is 1.02. The van der Waals surface area contributed by atoms with Crippen LogP contribution >= 0.6 is 11.6 Å². The second kappa shape index (κ2) is 7.96. The maximum absolute atomic E-state index is 9.39. The molecule has 0 bridgehead atoms. The molecule has 2 atom stereocenters. The van der Waals surface area contributed by atoms with Crippen LogP contribution in [0.25, 0.3) is 0 Å². The number of benzene rings is 2. The van der Waals surface area contributed by atoms with Crippen molar-refractivity contribution in [1.29, 1.82) is 0 Å². The number of nitrogens with zero attached hydrogens (tertiary/aromatic N) is 1. The van der Waals surface area contributed by atoms with Gasteiger partial charge in [0.25, 0.3) is 0 Å². The number of hydrogen-bond acceptors (Lipinski definition) is 2. The molecule has 0 radical (unpaired) electrons. The van der Waals surface area contributed by atoms with Crippen molar-refractivity contribution in [1.82, 2.24) is 4.90 Å². The molecule has 23 heavy (non-hydrogen) atoms. The van der Waals surface area contributed by atoms with Gasteiger partial charge < -0.3 is 5.11 Å². The molecule has 1 aliphatic rings. The Kier molecular flexibility index (Phi) is 5.71. The van der Waals surface area contributed by atoms with Gasteiger partial charge in [-0.15, -0.1) is 0 Å². The van der Waals surface area contributed by atoms with E-state index >= 15 is 0 Å². The molecule has 3 heteroatoms. The van der Waals surface area contributed by atoms with Crippen molar-refractivity contribution in [2.75, 3.05) is 19.7 Å². The van der Waals surface area contributed by atoms with E-state index in [0.717, 1.165) is 37.5 Å². The van der Waals surface area contributed by atoms with E-state index in [1.54, 1.807) is 0 Å². The van der Waals surface area contributed by atoms with Gasteiger partial charge in [-0.3, -0.25) is 4.90 Å². The van der Waals surface area contributed by atoms with Crippen molar-refractivity contribution >= 4 is 11.6 Å². The summed E-state index contributed by atoms with van der Waals surface area (Å²) in [6.07, 6.45) is 2.02. The fraction of sp³-hybridized carbons (Fsp3) is 0.400. The fourth-order valence-electron chi connectivity index (χ4n) is 3.65. The molecule has 0 aromatic heterocycles. The minimum Gasteiger partial charge on any atom is -0.396 e. The Balaban J connectivity index is 1.74. The van der Waals surface area contributed by atoms with Gasteiger partial charge in [0, 0.05) is 24.7 Å². The van der Waals surface area contributed by atoms with Gasteiger partial charge in [-0.1, -0.05) is 54.1 Å². The average molecular weight is 330 g/mol. The Morgan fingerprint density at radius 1 is 1.04 bits per heavy atom. The van der Waals surface area contributed by atoms with Crippen LogP contribution in [0.3, 0.4) is 0 Å². The minimum absolute atomic E-state index is 0.271. The van der Waals surface area contributed by atoms with Gasteiger partial charge in [-0.25, -0.2) is 0 Å². The summed E-state index contributed by atoms with van der Waals surface area (Å²) < 4.78 is 0. The van der Waals surface area contributed by atoms with Crippen molar-refractivity contribution in [3.8, 4) is 0 Å². The van der Waals surface area contributed by atoms with E-state index in [2.05, 4.69) is 47.4 Å². The molecule has 1 fully saturated rings. The summed E-state index contributed by atoms with van der Waals surface area (Å²) in [7, 11) is 0. The Morgan fingerprint density at radius 2 is 1.78 bits per heavy atom. The molecule has 1 aliphatic heterocycles. The van der Waals surface area contributed by atoms with Gasteiger partial charge in [0.2, 0.25) is 0 Å². The zero-order valence-electron chi connectivity index (χ0n) is 13.4. The minimum atomic E-state index is 0.271. The molecule has 0 amide bonds. The Hall–Kier alpha value is -1.35. The number of halogens is 1. The Labute approximate surface area is 143 Å². The largest absolute Gasteiger partial charge is 0.396 e. The van der Waals surface area contributed by atoms with Crippen molar-refractivity contribution < 1.29 is 5.11 Å². The number of piperidine rings is 1. The van der Waals surface area contributed by atoms with Gasteiger partial charge in [0.05, 0.1) is 0 Å². The van der Waals surface area contributed by atoms with Crippen LogP contribution in [-0.2, 0) is 6.54 Å². The van der Waals surface area contributed by atoms with Crippen LogP contribution < -0.4 is 0 Å². The summed E-state index contributed by atoms with van der Waals surface area (Å²) in [5.41, 5.74) is 2.70. The van der Waals surface area contributed by atoms with Crippen LogP contribution in [0.4, 0.5) is 0 Å². The first kappa shape index (κ1) is 16.5. The monoisotopic (exact) mass is 329 g/mol. The topological polar surface area (TPSA) is 23.5 Å². The highest BCUT2D eigenvalue weighted by Crippen LogP contribution is 2.35. The number of aliphatic hydroxyl groups is 1. The lowest BCUT2D eigenvalue weighted by atomic mass is 9.79. The molecule has 0 aliphatic carbocycles. The smallest absolute Gasteiger partial charge is 0.0433 e. The Morgan fingerprint density at radius 3 is 2.48 bits per heavy atom. The van der Waals surface area contributed by atoms with E-state index in [4.69, 9.17) is 11.6 Å². The van der Waals surface area contributed by atoms with Gasteiger partial charge >= 0.3 is 0 Å². The number of aliphatic hydroxyl groups excluding tert-OH is 1. The zero-order valence-corrected chi connectivity index (χ0v) is 14.1. The molecule has 0 saturated carbocycles. The second-order valence-electron chi connectivity index (χ2n) is 6.44. The molecule has 1 N–H and O–H groups in total. The zero-order chi connectivity index (χ0) is 16.1. The normalized spacial score (nSPS) is 22.2. The van der Waals surface area contributed by atoms with E-state index in [1.807, 2.05) is 12.1 Å². The van der Waals surface area contributed by atoms with E-state index in [0.29, 0.717) is 11.8 Å². The lowest BCUT2D eigenvalue weighted by Gasteiger charge is -2.39. The van der Waals surface area contributed by atoms with Gasteiger partial charge in [0.15, 0.2) is 0 Å². The molecule has 1 saturated heterocycles. The predicted molar refractivity (Wildman–Crippen MR) is 95.7 cm³/mol. The Bertz CT molecular complexity index is 599. The third-order valence-electron chi connectivity index (χ3n) is 4.89. The van der Waals surface area contributed by atoms with Crippen molar-refractivity contribution in [3.05, 3.63) is 70.7 Å². The molecule has 2 nitrogen and oxygen atoms in total. The van der Waals surface area contributed by atoms with Gasteiger partial charge in [0.1, 0.15) is 0 Å². The van der Waals surface area contributed by atoms with E-state index in [-0.39, 0.29) is 6.61 Å². The summed E-state index contributed by atoms with van der Waals surface area (Å²) in [6, 6.07) is 18.9. The first-order valence-electron chi connectivity index (χ1n) is 8.39.